The molecule has 0 radical (unpaired) electrons. The quantitative estimate of drug-likeness (QED) is 0.659. The zero-order chi connectivity index (χ0) is 15.9. The van der Waals surface area contributed by atoms with Crippen LogP contribution < -0.4 is 10.6 Å². The lowest BCUT2D eigenvalue weighted by atomic mass is 10.1. The van der Waals surface area contributed by atoms with E-state index in [4.69, 9.17) is 0 Å². The molecule has 0 aliphatic heterocycles. The van der Waals surface area contributed by atoms with Crippen LogP contribution in [0.1, 0.15) is 36.8 Å². The van der Waals surface area contributed by atoms with Crippen LogP contribution in [0.3, 0.4) is 0 Å². The highest BCUT2D eigenvalue weighted by molar-refractivity contribution is 5.80. The number of nitrogens with zero attached hydrogens (tertiary/aromatic N) is 3. The van der Waals surface area contributed by atoms with Crippen LogP contribution in [0.2, 0.25) is 0 Å². The SMILES string of the molecule is CN=C(NCc1ccccc1Cn1cccn1)NC1CCCC1. The molecule has 5 heteroatoms. The van der Waals surface area contributed by atoms with Crippen molar-refractivity contribution >= 4 is 5.96 Å². The maximum Gasteiger partial charge on any atom is 0.191 e. The third-order valence-corrected chi connectivity index (χ3v) is 4.38. The first-order valence-corrected chi connectivity index (χ1v) is 8.36. The number of rotatable bonds is 5. The van der Waals surface area contributed by atoms with E-state index in [2.05, 4.69) is 45.0 Å². The highest BCUT2D eigenvalue weighted by Gasteiger charge is 2.15. The zero-order valence-electron chi connectivity index (χ0n) is 13.7. The summed E-state index contributed by atoms with van der Waals surface area (Å²) in [4.78, 5) is 4.35. The van der Waals surface area contributed by atoms with Crippen LogP contribution >= 0.6 is 0 Å². The molecular weight excluding hydrogens is 286 g/mol. The topological polar surface area (TPSA) is 54.2 Å². The Morgan fingerprint density at radius 3 is 2.70 bits per heavy atom. The first-order chi connectivity index (χ1) is 11.3. The van der Waals surface area contributed by atoms with E-state index in [0.29, 0.717) is 6.04 Å². The highest BCUT2D eigenvalue weighted by atomic mass is 15.3. The van der Waals surface area contributed by atoms with Gasteiger partial charge in [-0.15, -0.1) is 0 Å². The van der Waals surface area contributed by atoms with Gasteiger partial charge in [0.05, 0.1) is 6.54 Å². The normalized spacial score (nSPS) is 15.8. The van der Waals surface area contributed by atoms with Crippen molar-refractivity contribution in [2.24, 2.45) is 4.99 Å². The summed E-state index contributed by atoms with van der Waals surface area (Å²) in [7, 11) is 1.83. The second-order valence-electron chi connectivity index (χ2n) is 6.02. The van der Waals surface area contributed by atoms with Crippen LogP contribution in [0.15, 0.2) is 47.7 Å². The number of aromatic nitrogens is 2. The monoisotopic (exact) mass is 311 g/mol. The molecule has 122 valence electrons. The Hall–Kier alpha value is -2.30. The fourth-order valence-electron chi connectivity index (χ4n) is 3.09. The zero-order valence-corrected chi connectivity index (χ0v) is 13.7. The Labute approximate surface area is 137 Å². The number of hydrogen-bond acceptors (Lipinski definition) is 2. The van der Waals surface area contributed by atoms with Crippen LogP contribution in [0.5, 0.6) is 0 Å². The highest BCUT2D eigenvalue weighted by Crippen LogP contribution is 2.17. The van der Waals surface area contributed by atoms with E-state index in [0.717, 1.165) is 19.0 Å². The fourth-order valence-corrected chi connectivity index (χ4v) is 3.09. The predicted octanol–water partition coefficient (Wildman–Crippen LogP) is 2.54. The van der Waals surface area contributed by atoms with Gasteiger partial charge in [-0.1, -0.05) is 37.1 Å². The van der Waals surface area contributed by atoms with Crippen molar-refractivity contribution in [1.82, 2.24) is 20.4 Å². The van der Waals surface area contributed by atoms with Gasteiger partial charge < -0.3 is 10.6 Å². The van der Waals surface area contributed by atoms with Crippen LogP contribution in [0.4, 0.5) is 0 Å². The van der Waals surface area contributed by atoms with Gasteiger partial charge in [-0.05, 0) is 30.0 Å². The Morgan fingerprint density at radius 1 is 1.22 bits per heavy atom. The molecule has 1 aliphatic carbocycles. The maximum absolute atomic E-state index is 4.35. The maximum atomic E-state index is 4.35. The van der Waals surface area contributed by atoms with Gasteiger partial charge >= 0.3 is 0 Å². The molecule has 23 heavy (non-hydrogen) atoms. The van der Waals surface area contributed by atoms with E-state index in [-0.39, 0.29) is 0 Å². The average Bonchev–Trinajstić information content (AvgIpc) is 3.26. The summed E-state index contributed by atoms with van der Waals surface area (Å²) in [5.41, 5.74) is 2.55. The summed E-state index contributed by atoms with van der Waals surface area (Å²) < 4.78 is 1.95. The van der Waals surface area contributed by atoms with E-state index in [1.807, 2.05) is 30.2 Å². The molecule has 1 aromatic heterocycles. The van der Waals surface area contributed by atoms with Gasteiger partial charge in [0.2, 0.25) is 0 Å². The summed E-state index contributed by atoms with van der Waals surface area (Å²) in [6.07, 6.45) is 8.94. The number of benzene rings is 1. The number of hydrogen-bond donors (Lipinski definition) is 2. The van der Waals surface area contributed by atoms with Crippen LogP contribution in [0, 0.1) is 0 Å². The number of guanidine groups is 1. The van der Waals surface area contributed by atoms with Gasteiger partial charge in [-0.3, -0.25) is 9.67 Å². The number of aliphatic imine (C=N–C) groups is 1. The smallest absolute Gasteiger partial charge is 0.191 e. The van der Waals surface area contributed by atoms with Crippen molar-refractivity contribution < 1.29 is 0 Å². The van der Waals surface area contributed by atoms with Crippen LogP contribution in [-0.2, 0) is 13.1 Å². The molecule has 1 saturated carbocycles. The molecule has 0 amide bonds. The van der Waals surface area contributed by atoms with Crippen LogP contribution in [0.25, 0.3) is 0 Å². The summed E-state index contributed by atoms with van der Waals surface area (Å²) in [5.74, 6) is 0.894. The van der Waals surface area contributed by atoms with Crippen molar-refractivity contribution in [3.8, 4) is 0 Å². The summed E-state index contributed by atoms with van der Waals surface area (Å²) in [6.45, 7) is 1.56. The summed E-state index contributed by atoms with van der Waals surface area (Å²) in [5, 5.41) is 11.3. The van der Waals surface area contributed by atoms with Crippen molar-refractivity contribution in [3.05, 3.63) is 53.9 Å². The molecule has 5 nitrogen and oxygen atoms in total. The largest absolute Gasteiger partial charge is 0.354 e. The van der Waals surface area contributed by atoms with Gasteiger partial charge in [0.1, 0.15) is 0 Å². The molecule has 0 bridgehead atoms. The van der Waals surface area contributed by atoms with E-state index in [1.54, 1.807) is 0 Å². The van der Waals surface area contributed by atoms with Gasteiger partial charge in [0.25, 0.3) is 0 Å². The Bertz CT molecular complexity index is 627. The van der Waals surface area contributed by atoms with Gasteiger partial charge in [-0.25, -0.2) is 0 Å². The average molecular weight is 311 g/mol. The Morgan fingerprint density at radius 2 is 2.00 bits per heavy atom. The lowest BCUT2D eigenvalue weighted by Gasteiger charge is -2.18. The summed E-state index contributed by atoms with van der Waals surface area (Å²) in [6, 6.07) is 11.0. The van der Waals surface area contributed by atoms with Gasteiger partial charge in [0, 0.05) is 32.0 Å². The van der Waals surface area contributed by atoms with Crippen molar-refractivity contribution in [2.75, 3.05) is 7.05 Å². The lowest BCUT2D eigenvalue weighted by Crippen LogP contribution is -2.42. The molecule has 3 rings (SSSR count). The van der Waals surface area contributed by atoms with E-state index in [1.165, 1.54) is 36.8 Å². The molecule has 1 aliphatic rings. The standard InChI is InChI=1S/C18H25N5/c1-19-18(22-17-9-4-5-10-17)20-13-15-7-2-3-8-16(15)14-23-12-6-11-21-23/h2-3,6-8,11-12,17H,4-5,9-10,13-14H2,1H3,(H2,19,20,22). The molecule has 2 aromatic rings. The Balaban J connectivity index is 1.60. The molecule has 1 aromatic carbocycles. The number of nitrogens with one attached hydrogen (secondary N) is 2. The van der Waals surface area contributed by atoms with E-state index >= 15 is 0 Å². The molecule has 0 spiro atoms. The minimum absolute atomic E-state index is 0.570. The third-order valence-electron chi connectivity index (χ3n) is 4.38. The minimum Gasteiger partial charge on any atom is -0.354 e. The van der Waals surface area contributed by atoms with E-state index < -0.39 is 0 Å². The molecule has 0 unspecified atom stereocenters. The second kappa shape index (κ2) is 7.81. The molecule has 0 atom stereocenters. The van der Waals surface area contributed by atoms with Gasteiger partial charge in [-0.2, -0.15) is 5.10 Å². The molecular formula is C18H25N5. The van der Waals surface area contributed by atoms with Crippen molar-refractivity contribution in [1.29, 1.82) is 0 Å². The second-order valence-corrected chi connectivity index (χ2v) is 6.02. The Kier molecular flexibility index (Phi) is 5.29. The van der Waals surface area contributed by atoms with E-state index in [9.17, 15) is 0 Å². The first kappa shape index (κ1) is 15.6. The van der Waals surface area contributed by atoms with Crippen molar-refractivity contribution in [2.45, 2.75) is 44.8 Å². The first-order valence-electron chi connectivity index (χ1n) is 8.36. The summed E-state index contributed by atoms with van der Waals surface area (Å²) >= 11 is 0. The molecule has 1 heterocycles. The minimum atomic E-state index is 0.570. The van der Waals surface area contributed by atoms with Gasteiger partial charge in [0.15, 0.2) is 5.96 Å². The molecule has 1 fully saturated rings. The molecule has 2 N–H and O–H groups in total. The predicted molar refractivity (Wildman–Crippen MR) is 93.4 cm³/mol. The fraction of sp³-hybridized carbons (Fsp3) is 0.444. The third kappa shape index (κ3) is 4.34. The van der Waals surface area contributed by atoms with Crippen molar-refractivity contribution in [3.63, 3.8) is 0 Å². The lowest BCUT2D eigenvalue weighted by molar-refractivity contribution is 0.612. The molecule has 0 saturated heterocycles. The van der Waals surface area contributed by atoms with Crippen LogP contribution in [-0.4, -0.2) is 28.8 Å².